The molecular formula is C11H15N3O2. The maximum Gasteiger partial charge on any atom is 0.234 e. The fourth-order valence-corrected chi connectivity index (χ4v) is 1.63. The predicted octanol–water partition coefficient (Wildman–Crippen LogP) is 0.384. The number of nitrogens with zero attached hydrogens (tertiary/aromatic N) is 1. The van der Waals surface area contributed by atoms with Crippen LogP contribution in [0.3, 0.4) is 0 Å². The highest BCUT2D eigenvalue weighted by Crippen LogP contribution is 2.28. The van der Waals surface area contributed by atoms with Gasteiger partial charge >= 0.3 is 0 Å². The van der Waals surface area contributed by atoms with Crippen molar-refractivity contribution in [1.82, 2.24) is 4.98 Å². The minimum Gasteiger partial charge on any atom is -0.379 e. The van der Waals surface area contributed by atoms with Gasteiger partial charge in [0.25, 0.3) is 0 Å². The maximum absolute atomic E-state index is 12.1. The molecule has 1 fully saturated rings. The molecule has 1 aliphatic rings. The topological polar surface area (TPSA) is 77.2 Å². The number of aromatic nitrogens is 1. The van der Waals surface area contributed by atoms with E-state index in [-0.39, 0.29) is 11.9 Å². The first-order chi connectivity index (χ1) is 7.63. The Morgan fingerprint density at radius 1 is 1.62 bits per heavy atom. The highest BCUT2D eigenvalue weighted by molar-refractivity contribution is 5.95. The molecule has 0 radical (unpaired) electrons. The summed E-state index contributed by atoms with van der Waals surface area (Å²) in [5.41, 5.74) is 5.94. The summed E-state index contributed by atoms with van der Waals surface area (Å²) in [6, 6.07) is 3.22. The molecule has 0 aliphatic carbocycles. The van der Waals surface area contributed by atoms with E-state index in [1.165, 1.54) is 0 Å². The standard InChI is InChI=1S/C11H15N3O2/c1-11(7-16-6-9(11)12)10(15)14-8-2-4-13-5-3-8/h2-5,9H,6-7,12H2,1H3,(H,13,14,15). The monoisotopic (exact) mass is 221 g/mol. The second-order valence-corrected chi connectivity index (χ2v) is 4.23. The molecular weight excluding hydrogens is 206 g/mol. The summed E-state index contributed by atoms with van der Waals surface area (Å²) >= 11 is 0. The first-order valence-electron chi connectivity index (χ1n) is 5.18. The van der Waals surface area contributed by atoms with Crippen molar-refractivity contribution in [1.29, 1.82) is 0 Å². The van der Waals surface area contributed by atoms with Crippen LogP contribution >= 0.6 is 0 Å². The Hall–Kier alpha value is -1.46. The lowest BCUT2D eigenvalue weighted by Crippen LogP contribution is -2.47. The number of nitrogens with one attached hydrogen (secondary N) is 1. The molecule has 2 rings (SSSR count). The second-order valence-electron chi connectivity index (χ2n) is 4.23. The Kier molecular flexibility index (Phi) is 2.89. The fourth-order valence-electron chi connectivity index (χ4n) is 1.63. The highest BCUT2D eigenvalue weighted by atomic mass is 16.5. The molecule has 2 unspecified atom stereocenters. The van der Waals surface area contributed by atoms with E-state index in [9.17, 15) is 4.79 Å². The van der Waals surface area contributed by atoms with Crippen molar-refractivity contribution in [2.45, 2.75) is 13.0 Å². The first-order valence-corrected chi connectivity index (χ1v) is 5.18. The molecule has 5 heteroatoms. The molecule has 5 nitrogen and oxygen atoms in total. The molecule has 2 atom stereocenters. The number of anilines is 1. The first kappa shape index (κ1) is 11.0. The van der Waals surface area contributed by atoms with E-state index in [0.29, 0.717) is 13.2 Å². The van der Waals surface area contributed by atoms with Crippen LogP contribution in [-0.4, -0.2) is 30.1 Å². The SMILES string of the molecule is CC1(C(=O)Nc2ccncc2)COCC1N. The number of carbonyl (C=O) groups is 1. The predicted molar refractivity (Wildman–Crippen MR) is 59.8 cm³/mol. The van der Waals surface area contributed by atoms with E-state index in [1.807, 2.05) is 6.92 Å². The zero-order valence-electron chi connectivity index (χ0n) is 9.14. The minimum atomic E-state index is -0.650. The summed E-state index contributed by atoms with van der Waals surface area (Å²) < 4.78 is 5.23. The number of ether oxygens (including phenoxy) is 1. The normalized spacial score (nSPS) is 29.0. The average molecular weight is 221 g/mol. The third-order valence-electron chi connectivity index (χ3n) is 2.97. The van der Waals surface area contributed by atoms with Crippen LogP contribution in [0.15, 0.2) is 24.5 Å². The number of amides is 1. The largest absolute Gasteiger partial charge is 0.379 e. The van der Waals surface area contributed by atoms with Crippen LogP contribution in [0.25, 0.3) is 0 Å². The lowest BCUT2D eigenvalue weighted by atomic mass is 9.85. The molecule has 1 amide bonds. The van der Waals surface area contributed by atoms with Crippen molar-refractivity contribution in [2.24, 2.45) is 11.1 Å². The number of rotatable bonds is 2. The Morgan fingerprint density at radius 3 is 2.88 bits per heavy atom. The van der Waals surface area contributed by atoms with Gasteiger partial charge in [0, 0.05) is 24.1 Å². The van der Waals surface area contributed by atoms with Gasteiger partial charge in [-0.3, -0.25) is 9.78 Å². The van der Waals surface area contributed by atoms with Gasteiger partial charge in [0.05, 0.1) is 18.6 Å². The molecule has 1 aliphatic heterocycles. The summed E-state index contributed by atoms with van der Waals surface area (Å²) in [5.74, 6) is -0.108. The highest BCUT2D eigenvalue weighted by Gasteiger charge is 2.44. The molecule has 16 heavy (non-hydrogen) atoms. The van der Waals surface area contributed by atoms with Crippen LogP contribution < -0.4 is 11.1 Å². The van der Waals surface area contributed by atoms with E-state index in [2.05, 4.69) is 10.3 Å². The molecule has 1 saturated heterocycles. The van der Waals surface area contributed by atoms with Gasteiger partial charge < -0.3 is 15.8 Å². The van der Waals surface area contributed by atoms with Crippen LogP contribution in [0.5, 0.6) is 0 Å². The number of nitrogens with two attached hydrogens (primary N) is 1. The van der Waals surface area contributed by atoms with Crippen LogP contribution in [-0.2, 0) is 9.53 Å². The smallest absolute Gasteiger partial charge is 0.234 e. The van der Waals surface area contributed by atoms with Crippen LogP contribution in [0, 0.1) is 5.41 Å². The fraction of sp³-hybridized carbons (Fsp3) is 0.455. The van der Waals surface area contributed by atoms with Crippen molar-refractivity contribution < 1.29 is 9.53 Å². The molecule has 3 N–H and O–H groups in total. The van der Waals surface area contributed by atoms with Crippen molar-refractivity contribution in [2.75, 3.05) is 18.5 Å². The van der Waals surface area contributed by atoms with Crippen molar-refractivity contribution in [3.05, 3.63) is 24.5 Å². The number of hydrogen-bond acceptors (Lipinski definition) is 4. The Morgan fingerprint density at radius 2 is 2.31 bits per heavy atom. The number of carbonyl (C=O) groups excluding carboxylic acids is 1. The van der Waals surface area contributed by atoms with E-state index in [1.54, 1.807) is 24.5 Å². The molecule has 86 valence electrons. The second kappa shape index (κ2) is 4.19. The summed E-state index contributed by atoms with van der Waals surface area (Å²) in [4.78, 5) is 15.9. The zero-order valence-corrected chi connectivity index (χ0v) is 9.14. The Balaban J connectivity index is 2.09. The molecule has 0 saturated carbocycles. The van der Waals surface area contributed by atoms with E-state index in [0.717, 1.165) is 5.69 Å². The third kappa shape index (κ3) is 1.91. The van der Waals surface area contributed by atoms with Crippen molar-refractivity contribution in [3.8, 4) is 0 Å². The zero-order chi connectivity index (χ0) is 11.6. The summed E-state index contributed by atoms with van der Waals surface area (Å²) in [6.45, 7) is 2.62. The molecule has 1 aromatic heterocycles. The van der Waals surface area contributed by atoms with Crippen molar-refractivity contribution >= 4 is 11.6 Å². The van der Waals surface area contributed by atoms with Crippen molar-refractivity contribution in [3.63, 3.8) is 0 Å². The summed E-state index contributed by atoms with van der Waals surface area (Å²) in [6.07, 6.45) is 3.26. The van der Waals surface area contributed by atoms with Crippen LogP contribution in [0.1, 0.15) is 6.92 Å². The van der Waals surface area contributed by atoms with Crippen LogP contribution in [0.4, 0.5) is 5.69 Å². The van der Waals surface area contributed by atoms with Gasteiger partial charge in [0.1, 0.15) is 0 Å². The summed E-state index contributed by atoms with van der Waals surface area (Å²) in [7, 11) is 0. The van der Waals surface area contributed by atoms with Gasteiger partial charge in [-0.1, -0.05) is 0 Å². The maximum atomic E-state index is 12.1. The Labute approximate surface area is 94.0 Å². The minimum absolute atomic E-state index is 0.108. The molecule has 2 heterocycles. The molecule has 1 aromatic rings. The van der Waals surface area contributed by atoms with Gasteiger partial charge in [-0.25, -0.2) is 0 Å². The molecule has 0 bridgehead atoms. The van der Waals surface area contributed by atoms with Gasteiger partial charge in [-0.15, -0.1) is 0 Å². The molecule has 0 aromatic carbocycles. The molecule has 0 spiro atoms. The van der Waals surface area contributed by atoms with Gasteiger partial charge in [-0.2, -0.15) is 0 Å². The van der Waals surface area contributed by atoms with Crippen LogP contribution in [0.2, 0.25) is 0 Å². The van der Waals surface area contributed by atoms with E-state index in [4.69, 9.17) is 10.5 Å². The van der Waals surface area contributed by atoms with E-state index >= 15 is 0 Å². The quantitative estimate of drug-likeness (QED) is 0.757. The summed E-state index contributed by atoms with van der Waals surface area (Å²) in [5, 5.41) is 2.82. The number of hydrogen-bond donors (Lipinski definition) is 2. The average Bonchev–Trinajstić information content (AvgIpc) is 2.62. The lowest BCUT2D eigenvalue weighted by molar-refractivity contribution is -0.125. The third-order valence-corrected chi connectivity index (χ3v) is 2.97. The Bertz CT molecular complexity index is 382. The van der Waals surface area contributed by atoms with Gasteiger partial charge in [0.15, 0.2) is 0 Å². The lowest BCUT2D eigenvalue weighted by Gasteiger charge is -2.25. The van der Waals surface area contributed by atoms with E-state index < -0.39 is 5.41 Å². The number of pyridine rings is 1. The van der Waals surface area contributed by atoms with Gasteiger partial charge in [-0.05, 0) is 19.1 Å². The van der Waals surface area contributed by atoms with Gasteiger partial charge in [0.2, 0.25) is 5.91 Å².